The van der Waals surface area contributed by atoms with Crippen molar-refractivity contribution in [3.05, 3.63) is 60.3 Å². The first-order chi connectivity index (χ1) is 17.3. The van der Waals surface area contributed by atoms with Crippen LogP contribution < -0.4 is 14.8 Å². The molecule has 1 aromatic carbocycles. The minimum Gasteiger partial charge on any atom is -0.493 e. The van der Waals surface area contributed by atoms with Gasteiger partial charge in [-0.05, 0) is 18.9 Å². The molecule has 3 rings (SSSR count). The van der Waals surface area contributed by atoms with E-state index in [2.05, 4.69) is 10.3 Å². The van der Waals surface area contributed by atoms with Crippen molar-refractivity contribution in [1.82, 2.24) is 10.3 Å². The van der Waals surface area contributed by atoms with Crippen LogP contribution >= 0.6 is 0 Å². The Morgan fingerprint density at radius 2 is 1.89 bits per heavy atom. The third-order valence-corrected chi connectivity index (χ3v) is 5.16. The second kappa shape index (κ2) is 12.5. The minimum atomic E-state index is -1.30. The summed E-state index contributed by atoms with van der Waals surface area (Å²) in [5.74, 6) is -3.34. The predicted octanol–water partition coefficient (Wildman–Crippen LogP) is 1.64. The molecule has 1 radical (unpaired) electrons. The molecule has 1 aliphatic rings. The van der Waals surface area contributed by atoms with Gasteiger partial charge in [-0.1, -0.05) is 30.3 Å². The second-order valence-corrected chi connectivity index (χ2v) is 7.88. The molecule has 1 saturated heterocycles. The van der Waals surface area contributed by atoms with Gasteiger partial charge in [0, 0.05) is 25.6 Å². The zero-order valence-electron chi connectivity index (χ0n) is 20.1. The fraction of sp³-hybridized carbons (Fsp3) is 0.360. The Labute approximate surface area is 208 Å². The lowest BCUT2D eigenvalue weighted by atomic mass is 9.94. The predicted molar refractivity (Wildman–Crippen MR) is 124 cm³/mol. The first-order valence-corrected chi connectivity index (χ1v) is 11.1. The molecule has 2 heterocycles. The van der Waals surface area contributed by atoms with Crippen molar-refractivity contribution in [3.8, 4) is 11.5 Å². The molecule has 1 amide bonds. The maximum atomic E-state index is 13.0. The van der Waals surface area contributed by atoms with Gasteiger partial charge < -0.3 is 29.0 Å². The van der Waals surface area contributed by atoms with Crippen molar-refractivity contribution >= 4 is 23.8 Å². The van der Waals surface area contributed by atoms with Crippen LogP contribution in [0.25, 0.3) is 0 Å². The molecule has 1 fully saturated rings. The van der Waals surface area contributed by atoms with Crippen LogP contribution in [-0.2, 0) is 35.0 Å². The molecule has 2 aromatic rings. The number of esters is 3. The van der Waals surface area contributed by atoms with E-state index in [1.807, 2.05) is 30.3 Å². The van der Waals surface area contributed by atoms with Gasteiger partial charge in [0.1, 0.15) is 12.7 Å². The van der Waals surface area contributed by atoms with E-state index in [9.17, 15) is 19.2 Å². The highest BCUT2D eigenvalue weighted by molar-refractivity contribution is 5.98. The van der Waals surface area contributed by atoms with Gasteiger partial charge in [-0.3, -0.25) is 14.4 Å². The SMILES string of the molecule is COc1ccnc(C(=O)N[C@H]2COC(=O)[C@@H](Cc3ccccc3)[CH][C@H](C)OC2=O)c1OCOC(C)=O. The number of pyridine rings is 1. The average molecular weight is 499 g/mol. The molecule has 36 heavy (non-hydrogen) atoms. The molecule has 1 aliphatic heterocycles. The van der Waals surface area contributed by atoms with Gasteiger partial charge in [0.05, 0.1) is 13.0 Å². The Hall–Kier alpha value is -4.15. The van der Waals surface area contributed by atoms with Gasteiger partial charge in [0.25, 0.3) is 5.91 Å². The van der Waals surface area contributed by atoms with E-state index < -0.39 is 55.3 Å². The van der Waals surface area contributed by atoms with E-state index in [1.54, 1.807) is 13.3 Å². The van der Waals surface area contributed by atoms with E-state index >= 15 is 0 Å². The number of hydrogen-bond acceptors (Lipinski definition) is 10. The lowest BCUT2D eigenvalue weighted by molar-refractivity contribution is -0.152. The molecule has 11 nitrogen and oxygen atoms in total. The molecule has 0 unspecified atom stereocenters. The average Bonchev–Trinajstić information content (AvgIpc) is 2.89. The van der Waals surface area contributed by atoms with Crippen molar-refractivity contribution in [2.45, 2.75) is 32.4 Å². The summed E-state index contributed by atoms with van der Waals surface area (Å²) < 4.78 is 26.1. The molecule has 191 valence electrons. The van der Waals surface area contributed by atoms with Crippen LogP contribution in [0.3, 0.4) is 0 Å². The monoisotopic (exact) mass is 499 g/mol. The first kappa shape index (κ1) is 26.5. The van der Waals surface area contributed by atoms with Gasteiger partial charge in [-0.25, -0.2) is 9.78 Å². The lowest BCUT2D eigenvalue weighted by Gasteiger charge is -2.19. The van der Waals surface area contributed by atoms with Crippen LogP contribution in [0, 0.1) is 12.3 Å². The van der Waals surface area contributed by atoms with Gasteiger partial charge in [-0.2, -0.15) is 0 Å². The highest BCUT2D eigenvalue weighted by atomic mass is 16.7. The molecule has 1 N–H and O–H groups in total. The second-order valence-electron chi connectivity index (χ2n) is 7.88. The van der Waals surface area contributed by atoms with E-state index in [4.69, 9.17) is 23.7 Å². The van der Waals surface area contributed by atoms with Crippen molar-refractivity contribution < 1.29 is 42.9 Å². The topological polar surface area (TPSA) is 139 Å². The highest BCUT2D eigenvalue weighted by Gasteiger charge is 2.33. The molecule has 0 bridgehead atoms. The standard InChI is InChI=1S/C25H27N2O9/c1-15-11-18(12-17-7-5-4-6-8-17)24(30)33-13-19(25(31)36-15)27-23(29)21-22(35-14-34-16(2)28)20(32-3)9-10-26-21/h4-11,15,18-19H,12-14H2,1-3H3,(H,27,29)/t15-,18+,19-/m0/s1. The Morgan fingerprint density at radius 3 is 2.58 bits per heavy atom. The number of hydrogen-bond donors (Lipinski definition) is 1. The van der Waals surface area contributed by atoms with Gasteiger partial charge >= 0.3 is 17.9 Å². The molecular weight excluding hydrogens is 472 g/mol. The summed E-state index contributed by atoms with van der Waals surface area (Å²) in [7, 11) is 1.36. The number of cyclic esters (lactones) is 2. The molecule has 1 aromatic heterocycles. The Balaban J connectivity index is 1.74. The van der Waals surface area contributed by atoms with Crippen molar-refractivity contribution in [2.75, 3.05) is 20.5 Å². The zero-order chi connectivity index (χ0) is 26.1. The number of benzene rings is 1. The molecular formula is C25H27N2O9. The Morgan fingerprint density at radius 1 is 1.14 bits per heavy atom. The van der Waals surface area contributed by atoms with E-state index in [0.29, 0.717) is 6.42 Å². The van der Waals surface area contributed by atoms with Crippen molar-refractivity contribution in [3.63, 3.8) is 0 Å². The van der Waals surface area contributed by atoms with Gasteiger partial charge in [0.2, 0.25) is 6.79 Å². The molecule has 0 saturated carbocycles. The van der Waals surface area contributed by atoms with Crippen LogP contribution in [0.5, 0.6) is 11.5 Å². The molecule has 0 aliphatic carbocycles. The fourth-order valence-corrected chi connectivity index (χ4v) is 3.46. The molecule has 0 spiro atoms. The van der Waals surface area contributed by atoms with Gasteiger partial charge in [0.15, 0.2) is 23.2 Å². The third-order valence-electron chi connectivity index (χ3n) is 5.16. The van der Waals surface area contributed by atoms with Crippen molar-refractivity contribution in [1.29, 1.82) is 0 Å². The summed E-state index contributed by atoms with van der Waals surface area (Å²) in [6, 6.07) is 9.51. The fourth-order valence-electron chi connectivity index (χ4n) is 3.46. The number of ether oxygens (including phenoxy) is 5. The van der Waals surface area contributed by atoms with Crippen LogP contribution in [-0.4, -0.2) is 61.5 Å². The first-order valence-electron chi connectivity index (χ1n) is 11.1. The summed E-state index contributed by atoms with van der Waals surface area (Å²) in [6.45, 7) is 1.89. The summed E-state index contributed by atoms with van der Waals surface area (Å²) in [5.41, 5.74) is 0.686. The van der Waals surface area contributed by atoms with Crippen LogP contribution in [0.1, 0.15) is 29.9 Å². The summed E-state index contributed by atoms with van der Waals surface area (Å²) in [4.78, 5) is 53.6. The largest absolute Gasteiger partial charge is 0.493 e. The zero-order valence-corrected chi connectivity index (χ0v) is 20.1. The number of carbonyl (C=O) groups is 4. The number of nitrogens with one attached hydrogen (secondary N) is 1. The molecule has 3 atom stereocenters. The van der Waals surface area contributed by atoms with Crippen LogP contribution in [0.4, 0.5) is 0 Å². The van der Waals surface area contributed by atoms with Gasteiger partial charge in [-0.15, -0.1) is 0 Å². The maximum absolute atomic E-state index is 13.0. The Bertz CT molecular complexity index is 1090. The lowest BCUT2D eigenvalue weighted by Crippen LogP contribution is -2.46. The number of carbonyl (C=O) groups excluding carboxylic acids is 4. The normalized spacial score (nSPS) is 20.0. The minimum absolute atomic E-state index is 0.100. The maximum Gasteiger partial charge on any atom is 0.332 e. The summed E-state index contributed by atoms with van der Waals surface area (Å²) in [6.07, 6.45) is 2.56. The van der Waals surface area contributed by atoms with Crippen LogP contribution in [0.15, 0.2) is 42.6 Å². The third kappa shape index (κ3) is 7.17. The molecule has 11 heteroatoms. The Kier molecular flexibility index (Phi) is 9.20. The smallest absolute Gasteiger partial charge is 0.332 e. The van der Waals surface area contributed by atoms with E-state index in [-0.39, 0.29) is 17.2 Å². The number of aromatic nitrogens is 1. The number of methoxy groups -OCH3 is 1. The van der Waals surface area contributed by atoms with Crippen molar-refractivity contribution in [2.24, 2.45) is 5.92 Å². The van der Waals surface area contributed by atoms with E-state index in [1.165, 1.54) is 26.3 Å². The highest BCUT2D eigenvalue weighted by Crippen LogP contribution is 2.29. The van der Waals surface area contributed by atoms with Crippen LogP contribution in [0.2, 0.25) is 0 Å². The quantitative estimate of drug-likeness (QED) is 0.324. The number of nitrogens with zero attached hydrogens (tertiary/aromatic N) is 1. The number of amides is 1. The summed E-state index contributed by atoms with van der Waals surface area (Å²) >= 11 is 0. The summed E-state index contributed by atoms with van der Waals surface area (Å²) in [5, 5.41) is 2.47. The van der Waals surface area contributed by atoms with E-state index in [0.717, 1.165) is 5.56 Å². The number of rotatable bonds is 8.